The third kappa shape index (κ3) is 4.70. The van der Waals surface area contributed by atoms with Crippen LogP contribution in [0.5, 0.6) is 0 Å². The van der Waals surface area contributed by atoms with Gasteiger partial charge in [-0.25, -0.2) is 14.6 Å². The lowest BCUT2D eigenvalue weighted by atomic mass is 9.93. The third-order valence-electron chi connectivity index (χ3n) is 6.19. The molecule has 0 spiro atoms. The number of thiazole rings is 1. The van der Waals surface area contributed by atoms with Gasteiger partial charge in [0.2, 0.25) is 0 Å². The van der Waals surface area contributed by atoms with Crippen LogP contribution in [-0.4, -0.2) is 47.4 Å². The second-order valence-electron chi connectivity index (χ2n) is 8.73. The minimum Gasteiger partial charge on any atom is -0.507 e. The number of aryl methyl sites for hydroxylation is 3. The van der Waals surface area contributed by atoms with Gasteiger partial charge in [-0.05, 0) is 57.0 Å². The molecule has 2 heterocycles. The van der Waals surface area contributed by atoms with Gasteiger partial charge >= 0.3 is 17.8 Å². The minimum atomic E-state index is -1.07. The summed E-state index contributed by atoms with van der Waals surface area (Å²) in [4.78, 5) is 57.1. The van der Waals surface area contributed by atoms with Crippen molar-refractivity contribution in [2.75, 3.05) is 18.6 Å². The van der Waals surface area contributed by atoms with Gasteiger partial charge in [-0.1, -0.05) is 41.2 Å². The van der Waals surface area contributed by atoms with Gasteiger partial charge in [-0.2, -0.15) is 0 Å². The van der Waals surface area contributed by atoms with Crippen LogP contribution in [0.3, 0.4) is 0 Å². The normalized spacial score (nSPS) is 16.6. The first-order chi connectivity index (χ1) is 18.1. The lowest BCUT2D eigenvalue weighted by Crippen LogP contribution is -2.29. The number of esters is 2. The Morgan fingerprint density at radius 3 is 2.37 bits per heavy atom. The molecule has 1 N–H and O–H groups in total. The largest absolute Gasteiger partial charge is 0.507 e. The van der Waals surface area contributed by atoms with Gasteiger partial charge in [-0.3, -0.25) is 14.5 Å². The number of hydrogen-bond donors (Lipinski definition) is 1. The highest BCUT2D eigenvalue weighted by atomic mass is 32.1. The molecule has 38 heavy (non-hydrogen) atoms. The summed E-state index contributed by atoms with van der Waals surface area (Å²) in [7, 11) is 1.27. The lowest BCUT2D eigenvalue weighted by molar-refractivity contribution is -0.132. The Labute approximate surface area is 223 Å². The standard InChI is InChI=1S/C28H26N2O7S/c1-6-37-27(35)24-16(4)29-28(38-24)30-21(17-9-11-18(12-10-17)26(34)36-5)20(23(32)25(30)33)22(31)19-13-14(2)7-8-15(19)3/h7-13,21,31H,6H2,1-5H3. The fraction of sp³-hybridized carbons (Fsp3) is 0.250. The Hall–Kier alpha value is -4.31. The van der Waals surface area contributed by atoms with Gasteiger partial charge in [0.15, 0.2) is 5.13 Å². The zero-order valence-corrected chi connectivity index (χ0v) is 22.3. The molecule has 0 radical (unpaired) electrons. The zero-order valence-electron chi connectivity index (χ0n) is 21.5. The smallest absolute Gasteiger partial charge is 0.350 e. The number of carbonyl (C=O) groups excluding carboxylic acids is 4. The summed E-state index contributed by atoms with van der Waals surface area (Å²) in [5, 5.41) is 11.5. The van der Waals surface area contributed by atoms with Crippen LogP contribution in [-0.2, 0) is 19.1 Å². The molecule has 1 aromatic heterocycles. The highest BCUT2D eigenvalue weighted by Crippen LogP contribution is 2.44. The number of ether oxygens (including phenoxy) is 2. The number of rotatable bonds is 6. The van der Waals surface area contributed by atoms with Crippen molar-refractivity contribution in [1.82, 2.24) is 4.98 Å². The lowest BCUT2D eigenvalue weighted by Gasteiger charge is -2.23. The molecule has 1 amide bonds. The van der Waals surface area contributed by atoms with Gasteiger partial charge in [0.25, 0.3) is 5.78 Å². The van der Waals surface area contributed by atoms with Crippen LogP contribution in [0.25, 0.3) is 5.76 Å². The van der Waals surface area contributed by atoms with Crippen LogP contribution in [0.15, 0.2) is 48.0 Å². The number of amides is 1. The van der Waals surface area contributed by atoms with Crippen molar-refractivity contribution in [2.24, 2.45) is 0 Å². The van der Waals surface area contributed by atoms with Gasteiger partial charge in [0, 0.05) is 5.56 Å². The Morgan fingerprint density at radius 1 is 1.05 bits per heavy atom. The van der Waals surface area contributed by atoms with E-state index in [1.165, 1.54) is 24.1 Å². The monoisotopic (exact) mass is 534 g/mol. The number of Topliss-reactive ketones (excluding diaryl/α,β-unsaturated/α-hetero) is 1. The number of anilines is 1. The van der Waals surface area contributed by atoms with E-state index in [1.54, 1.807) is 39.0 Å². The zero-order chi connectivity index (χ0) is 27.7. The summed E-state index contributed by atoms with van der Waals surface area (Å²) in [6, 6.07) is 10.5. The van der Waals surface area contributed by atoms with Crippen LogP contribution >= 0.6 is 11.3 Å². The fourth-order valence-corrected chi connectivity index (χ4v) is 5.26. The Balaban J connectivity index is 1.94. The molecule has 10 heteroatoms. The van der Waals surface area contributed by atoms with Crippen molar-refractivity contribution in [2.45, 2.75) is 33.7 Å². The molecule has 0 bridgehead atoms. The van der Waals surface area contributed by atoms with E-state index in [-0.39, 0.29) is 33.5 Å². The second-order valence-corrected chi connectivity index (χ2v) is 9.71. The number of benzene rings is 2. The van der Waals surface area contributed by atoms with Gasteiger partial charge in [0.1, 0.15) is 10.6 Å². The van der Waals surface area contributed by atoms with E-state index in [0.717, 1.165) is 16.9 Å². The van der Waals surface area contributed by atoms with E-state index in [2.05, 4.69) is 4.98 Å². The molecular weight excluding hydrogens is 508 g/mol. The Kier molecular flexibility index (Phi) is 7.45. The third-order valence-corrected chi connectivity index (χ3v) is 7.33. The van der Waals surface area contributed by atoms with E-state index >= 15 is 0 Å². The molecular formula is C28H26N2O7S. The van der Waals surface area contributed by atoms with Crippen LogP contribution in [0.1, 0.15) is 60.9 Å². The number of nitrogens with zero attached hydrogens (tertiary/aromatic N) is 2. The van der Waals surface area contributed by atoms with Crippen LogP contribution in [0.4, 0.5) is 5.13 Å². The molecule has 1 unspecified atom stereocenters. The number of carbonyl (C=O) groups is 4. The SMILES string of the molecule is CCOC(=O)c1sc(N2C(=O)C(=O)C(=C(O)c3cc(C)ccc3C)C2c2ccc(C(=O)OC)cc2)nc1C. The van der Waals surface area contributed by atoms with Crippen molar-refractivity contribution < 1.29 is 33.8 Å². The van der Waals surface area contributed by atoms with Crippen molar-refractivity contribution in [3.8, 4) is 0 Å². The van der Waals surface area contributed by atoms with Crippen LogP contribution < -0.4 is 4.90 Å². The average Bonchev–Trinajstić information content (AvgIpc) is 3.41. The van der Waals surface area contributed by atoms with E-state index in [4.69, 9.17) is 9.47 Å². The predicted molar refractivity (Wildman–Crippen MR) is 141 cm³/mol. The first kappa shape index (κ1) is 26.7. The van der Waals surface area contributed by atoms with Gasteiger partial charge in [0.05, 0.1) is 36.6 Å². The molecule has 4 rings (SSSR count). The fourth-order valence-electron chi connectivity index (χ4n) is 4.27. The molecule has 196 valence electrons. The molecule has 0 saturated carbocycles. The molecule has 2 aromatic carbocycles. The van der Waals surface area contributed by atoms with Crippen LogP contribution in [0, 0.1) is 20.8 Å². The molecule has 1 aliphatic heterocycles. The summed E-state index contributed by atoms with van der Waals surface area (Å²) in [6.45, 7) is 7.10. The highest BCUT2D eigenvalue weighted by Gasteiger charge is 2.48. The molecule has 1 aliphatic rings. The number of methoxy groups -OCH3 is 1. The number of ketones is 1. The summed E-state index contributed by atoms with van der Waals surface area (Å²) in [6.07, 6.45) is 0. The summed E-state index contributed by atoms with van der Waals surface area (Å²) in [5.74, 6) is -3.25. The molecule has 0 aliphatic carbocycles. The van der Waals surface area contributed by atoms with Gasteiger partial charge in [-0.15, -0.1) is 0 Å². The molecule has 1 fully saturated rings. The van der Waals surface area contributed by atoms with Gasteiger partial charge < -0.3 is 14.6 Å². The van der Waals surface area contributed by atoms with Crippen LogP contribution in [0.2, 0.25) is 0 Å². The summed E-state index contributed by atoms with van der Waals surface area (Å²) >= 11 is 0.925. The molecule has 1 saturated heterocycles. The Bertz CT molecular complexity index is 1490. The van der Waals surface area contributed by atoms with Crippen molar-refractivity contribution in [3.05, 3.63) is 86.4 Å². The molecule has 1 atom stereocenters. The average molecular weight is 535 g/mol. The quantitative estimate of drug-likeness (QED) is 0.210. The van der Waals surface area contributed by atoms with E-state index in [0.29, 0.717) is 22.4 Å². The second kappa shape index (κ2) is 10.6. The summed E-state index contributed by atoms with van der Waals surface area (Å²) in [5.41, 5.74) is 2.95. The first-order valence-electron chi connectivity index (χ1n) is 11.8. The number of aromatic nitrogens is 1. The van der Waals surface area contributed by atoms with E-state index < -0.39 is 29.7 Å². The maximum atomic E-state index is 13.4. The summed E-state index contributed by atoms with van der Waals surface area (Å²) < 4.78 is 9.87. The number of hydrogen-bond acceptors (Lipinski definition) is 9. The number of aliphatic hydroxyl groups excluding tert-OH is 1. The topological polar surface area (TPSA) is 123 Å². The minimum absolute atomic E-state index is 0.106. The molecule has 9 nitrogen and oxygen atoms in total. The van der Waals surface area contributed by atoms with Crippen molar-refractivity contribution in [3.63, 3.8) is 0 Å². The number of aliphatic hydroxyl groups is 1. The molecule has 3 aromatic rings. The van der Waals surface area contributed by atoms with E-state index in [1.807, 2.05) is 19.1 Å². The predicted octanol–water partition coefficient (Wildman–Crippen LogP) is 4.66. The first-order valence-corrected chi connectivity index (χ1v) is 12.6. The highest BCUT2D eigenvalue weighted by molar-refractivity contribution is 7.17. The maximum Gasteiger partial charge on any atom is 0.350 e. The van der Waals surface area contributed by atoms with Crippen molar-refractivity contribution in [1.29, 1.82) is 0 Å². The maximum absolute atomic E-state index is 13.4. The van der Waals surface area contributed by atoms with E-state index in [9.17, 15) is 24.3 Å². The Morgan fingerprint density at radius 2 is 1.74 bits per heavy atom. The van der Waals surface area contributed by atoms with Crippen molar-refractivity contribution >= 4 is 45.9 Å².